The molecule has 0 fully saturated rings. The Hall–Kier alpha value is -0.890. The van der Waals surface area contributed by atoms with Crippen molar-refractivity contribution in [1.82, 2.24) is 0 Å². The summed E-state index contributed by atoms with van der Waals surface area (Å²) in [6.45, 7) is 3.38. The van der Waals surface area contributed by atoms with Gasteiger partial charge in [-0.25, -0.2) is 4.39 Å². The van der Waals surface area contributed by atoms with Crippen LogP contribution >= 0.6 is 11.6 Å². The van der Waals surface area contributed by atoms with Gasteiger partial charge in [-0.3, -0.25) is 4.79 Å². The fourth-order valence-electron chi connectivity index (χ4n) is 1.16. The lowest BCUT2D eigenvalue weighted by Gasteiger charge is -2.08. The topological polar surface area (TPSA) is 17.1 Å². The van der Waals surface area contributed by atoms with E-state index >= 15 is 0 Å². The summed E-state index contributed by atoms with van der Waals surface area (Å²) in [6, 6.07) is 4.24. The first-order valence-corrected chi connectivity index (χ1v) is 4.83. The van der Waals surface area contributed by atoms with Crippen molar-refractivity contribution in [3.8, 4) is 0 Å². The number of ketones is 1. The highest BCUT2D eigenvalue weighted by Crippen LogP contribution is 2.20. The number of hydrogen-bond donors (Lipinski definition) is 0. The van der Waals surface area contributed by atoms with Crippen molar-refractivity contribution in [3.05, 3.63) is 34.6 Å². The van der Waals surface area contributed by atoms with Crippen molar-refractivity contribution in [1.29, 1.82) is 0 Å². The summed E-state index contributed by atoms with van der Waals surface area (Å²) in [7, 11) is 0. The average Bonchev–Trinajstić information content (AvgIpc) is 2.09. The van der Waals surface area contributed by atoms with Gasteiger partial charge in [0.25, 0.3) is 0 Å². The summed E-state index contributed by atoms with van der Waals surface area (Å²) in [5.74, 6) is -0.308. The molecule has 1 unspecified atom stereocenters. The summed E-state index contributed by atoms with van der Waals surface area (Å²) in [5, 5.41) is 0.387. The monoisotopic (exact) mass is 214 g/mol. The van der Waals surface area contributed by atoms with Gasteiger partial charge in [0, 0.05) is 10.9 Å². The van der Waals surface area contributed by atoms with E-state index in [9.17, 15) is 9.18 Å². The standard InChI is InChI=1S/C11H12ClFO/c1-7(8(2)14)5-9-3-4-10(13)6-11(9)12/h3-4,6-7H,5H2,1-2H3. The van der Waals surface area contributed by atoms with E-state index in [2.05, 4.69) is 0 Å². The third kappa shape index (κ3) is 2.81. The zero-order chi connectivity index (χ0) is 10.7. The van der Waals surface area contributed by atoms with Crippen LogP contribution in [0.5, 0.6) is 0 Å². The van der Waals surface area contributed by atoms with Crippen molar-refractivity contribution in [2.45, 2.75) is 20.3 Å². The van der Waals surface area contributed by atoms with Crippen LogP contribution in [-0.4, -0.2) is 5.78 Å². The van der Waals surface area contributed by atoms with Crippen LogP contribution in [0.3, 0.4) is 0 Å². The second-order valence-electron chi connectivity index (χ2n) is 3.45. The number of benzene rings is 1. The summed E-state index contributed by atoms with van der Waals surface area (Å²) < 4.78 is 12.7. The van der Waals surface area contributed by atoms with Crippen LogP contribution in [-0.2, 0) is 11.2 Å². The quantitative estimate of drug-likeness (QED) is 0.755. The Kier molecular flexibility index (Phi) is 3.64. The summed E-state index contributed by atoms with van der Waals surface area (Å²) in [5.41, 5.74) is 0.816. The number of rotatable bonds is 3. The Morgan fingerprint density at radius 3 is 2.71 bits per heavy atom. The van der Waals surface area contributed by atoms with Crippen LogP contribution in [0.25, 0.3) is 0 Å². The molecule has 0 bridgehead atoms. The van der Waals surface area contributed by atoms with E-state index in [0.29, 0.717) is 11.4 Å². The van der Waals surface area contributed by atoms with Crippen molar-refractivity contribution in [2.24, 2.45) is 5.92 Å². The molecule has 0 aliphatic rings. The molecule has 14 heavy (non-hydrogen) atoms. The Balaban J connectivity index is 2.82. The van der Waals surface area contributed by atoms with Gasteiger partial charge in [0.15, 0.2) is 0 Å². The molecule has 0 aliphatic heterocycles. The molecular weight excluding hydrogens is 203 g/mol. The minimum Gasteiger partial charge on any atom is -0.300 e. The number of hydrogen-bond acceptors (Lipinski definition) is 1. The first kappa shape index (κ1) is 11.2. The molecule has 1 aromatic carbocycles. The van der Waals surface area contributed by atoms with Gasteiger partial charge in [-0.2, -0.15) is 0 Å². The molecule has 1 nitrogen and oxygen atoms in total. The highest BCUT2D eigenvalue weighted by atomic mass is 35.5. The van der Waals surface area contributed by atoms with E-state index in [1.165, 1.54) is 12.1 Å². The van der Waals surface area contributed by atoms with E-state index in [0.717, 1.165) is 5.56 Å². The minimum absolute atomic E-state index is 0.0713. The predicted octanol–water partition coefficient (Wildman–Crippen LogP) is 3.25. The molecule has 1 aromatic rings. The van der Waals surface area contributed by atoms with Gasteiger partial charge >= 0.3 is 0 Å². The maximum absolute atomic E-state index is 12.7. The maximum Gasteiger partial charge on any atom is 0.132 e. The summed E-state index contributed by atoms with van der Waals surface area (Å²) in [4.78, 5) is 11.0. The van der Waals surface area contributed by atoms with Gasteiger partial charge in [0.1, 0.15) is 11.6 Å². The Morgan fingerprint density at radius 1 is 1.57 bits per heavy atom. The first-order chi connectivity index (χ1) is 6.50. The molecule has 0 amide bonds. The van der Waals surface area contributed by atoms with Crippen molar-refractivity contribution >= 4 is 17.4 Å². The SMILES string of the molecule is CC(=O)C(C)Cc1ccc(F)cc1Cl. The van der Waals surface area contributed by atoms with Gasteiger partial charge in [-0.15, -0.1) is 0 Å². The third-order valence-corrected chi connectivity index (χ3v) is 2.59. The van der Waals surface area contributed by atoms with Crippen molar-refractivity contribution in [3.63, 3.8) is 0 Å². The van der Waals surface area contributed by atoms with E-state index in [-0.39, 0.29) is 17.5 Å². The van der Waals surface area contributed by atoms with Crippen LogP contribution in [0.1, 0.15) is 19.4 Å². The normalized spacial score (nSPS) is 12.6. The Bertz CT molecular complexity index is 349. The van der Waals surface area contributed by atoms with Crippen molar-refractivity contribution < 1.29 is 9.18 Å². The molecule has 1 rings (SSSR count). The smallest absolute Gasteiger partial charge is 0.132 e. The number of carbonyl (C=O) groups excluding carboxylic acids is 1. The molecule has 0 radical (unpaired) electrons. The van der Waals surface area contributed by atoms with Gasteiger partial charge in [0.05, 0.1) is 0 Å². The maximum atomic E-state index is 12.7. The van der Waals surface area contributed by atoms with Gasteiger partial charge in [0.2, 0.25) is 0 Å². The lowest BCUT2D eigenvalue weighted by molar-refractivity contribution is -0.120. The fourth-order valence-corrected chi connectivity index (χ4v) is 1.41. The Morgan fingerprint density at radius 2 is 2.21 bits per heavy atom. The lowest BCUT2D eigenvalue weighted by Crippen LogP contribution is -2.09. The minimum atomic E-state index is -0.353. The molecule has 3 heteroatoms. The summed E-state index contributed by atoms with van der Waals surface area (Å²) >= 11 is 5.83. The molecule has 0 heterocycles. The van der Waals surface area contributed by atoms with Gasteiger partial charge < -0.3 is 0 Å². The highest BCUT2D eigenvalue weighted by molar-refractivity contribution is 6.31. The molecular formula is C11H12ClFO. The molecule has 0 aliphatic carbocycles. The van der Waals surface area contributed by atoms with Crippen LogP contribution < -0.4 is 0 Å². The zero-order valence-electron chi connectivity index (χ0n) is 8.18. The van der Waals surface area contributed by atoms with Gasteiger partial charge in [-0.05, 0) is 31.0 Å². The molecule has 0 saturated carbocycles. The number of carbonyl (C=O) groups is 1. The average molecular weight is 215 g/mol. The second kappa shape index (κ2) is 4.56. The number of Topliss-reactive ketones (excluding diaryl/α,β-unsaturated/α-hetero) is 1. The van der Waals surface area contributed by atoms with Gasteiger partial charge in [-0.1, -0.05) is 24.6 Å². The molecule has 1 atom stereocenters. The van der Waals surface area contributed by atoms with E-state index in [4.69, 9.17) is 11.6 Å². The summed E-state index contributed by atoms with van der Waals surface area (Å²) in [6.07, 6.45) is 0.564. The van der Waals surface area contributed by atoms with Crippen molar-refractivity contribution in [2.75, 3.05) is 0 Å². The molecule has 0 saturated heterocycles. The third-order valence-electron chi connectivity index (χ3n) is 2.24. The largest absolute Gasteiger partial charge is 0.300 e. The second-order valence-corrected chi connectivity index (χ2v) is 3.86. The molecule has 0 spiro atoms. The molecule has 76 valence electrons. The van der Waals surface area contributed by atoms with Crippen LogP contribution in [0.4, 0.5) is 4.39 Å². The van der Waals surface area contributed by atoms with E-state index in [1.54, 1.807) is 13.0 Å². The van der Waals surface area contributed by atoms with Crippen LogP contribution in [0.2, 0.25) is 5.02 Å². The molecule has 0 N–H and O–H groups in total. The molecule has 0 aromatic heterocycles. The zero-order valence-corrected chi connectivity index (χ0v) is 8.94. The lowest BCUT2D eigenvalue weighted by atomic mass is 9.98. The highest BCUT2D eigenvalue weighted by Gasteiger charge is 2.11. The van der Waals surface area contributed by atoms with E-state index in [1.807, 2.05) is 6.92 Å². The van der Waals surface area contributed by atoms with Crippen LogP contribution in [0.15, 0.2) is 18.2 Å². The van der Waals surface area contributed by atoms with Crippen LogP contribution in [0, 0.1) is 11.7 Å². The number of halogens is 2. The van der Waals surface area contributed by atoms with E-state index < -0.39 is 0 Å². The fraction of sp³-hybridized carbons (Fsp3) is 0.364. The predicted molar refractivity (Wildman–Crippen MR) is 55.0 cm³/mol. The Labute approximate surface area is 87.9 Å². The first-order valence-electron chi connectivity index (χ1n) is 4.45.